The van der Waals surface area contributed by atoms with Crippen molar-refractivity contribution >= 4 is 35.0 Å². The molecule has 1 N–H and O–H groups in total. The molecular weight excluding hydrogens is 534 g/mol. The minimum Gasteiger partial charge on any atom is -0.493 e. The summed E-state index contributed by atoms with van der Waals surface area (Å²) in [7, 11) is 1.52. The van der Waals surface area contributed by atoms with Gasteiger partial charge in [0.2, 0.25) is 0 Å². The standard InChI is InChI=1S/C30H33NO8S/c1-7-12-37-26-17(2)18(3)27-21(19(26)4)10-11-30(5,39-27)16-38-22-9-8-20(13-23(22)36-6)14-24-28(34)31(15-25(32)33)29(35)40-24/h7-9,13-14H,1,10-12,15-16H2,2-6H3,(H,32,33)/b24-14-. The molecule has 2 aromatic carbocycles. The topological polar surface area (TPSA) is 112 Å². The fraction of sp³-hybridized carbons (Fsp3) is 0.367. The van der Waals surface area contributed by atoms with Gasteiger partial charge in [-0.15, -0.1) is 0 Å². The average molecular weight is 568 g/mol. The fourth-order valence-corrected chi connectivity index (χ4v) is 5.63. The minimum absolute atomic E-state index is 0.141. The van der Waals surface area contributed by atoms with Gasteiger partial charge in [-0.25, -0.2) is 0 Å². The molecule has 0 spiro atoms. The molecule has 1 saturated heterocycles. The van der Waals surface area contributed by atoms with Crippen molar-refractivity contribution in [2.45, 2.75) is 46.1 Å². The highest BCUT2D eigenvalue weighted by Crippen LogP contribution is 2.44. The van der Waals surface area contributed by atoms with Gasteiger partial charge in [-0.3, -0.25) is 19.3 Å². The lowest BCUT2D eigenvalue weighted by Gasteiger charge is -2.38. The summed E-state index contributed by atoms with van der Waals surface area (Å²) in [4.78, 5) is 36.3. The van der Waals surface area contributed by atoms with E-state index in [-0.39, 0.29) is 11.5 Å². The molecule has 0 saturated carbocycles. The molecule has 1 atom stereocenters. The molecular formula is C30H33NO8S. The van der Waals surface area contributed by atoms with Crippen LogP contribution in [0.2, 0.25) is 0 Å². The number of thioether (sulfide) groups is 1. The average Bonchev–Trinajstić information content (AvgIpc) is 3.17. The summed E-state index contributed by atoms with van der Waals surface area (Å²) in [5, 5.41) is 8.33. The maximum atomic E-state index is 12.5. The Kier molecular flexibility index (Phi) is 8.48. The first-order chi connectivity index (χ1) is 19.0. The van der Waals surface area contributed by atoms with Gasteiger partial charge in [0, 0.05) is 5.56 Å². The van der Waals surface area contributed by atoms with E-state index in [9.17, 15) is 14.4 Å². The monoisotopic (exact) mass is 567 g/mol. The molecule has 2 aliphatic rings. The van der Waals surface area contributed by atoms with E-state index in [4.69, 9.17) is 24.1 Å². The number of methoxy groups -OCH3 is 1. The second kappa shape index (κ2) is 11.7. The Morgan fingerprint density at radius 3 is 2.60 bits per heavy atom. The number of hydrogen-bond donors (Lipinski definition) is 1. The Balaban J connectivity index is 1.50. The Morgan fingerprint density at radius 1 is 1.18 bits per heavy atom. The van der Waals surface area contributed by atoms with Gasteiger partial charge < -0.3 is 24.1 Å². The largest absolute Gasteiger partial charge is 0.493 e. The van der Waals surface area contributed by atoms with Crippen molar-refractivity contribution in [3.05, 3.63) is 63.6 Å². The highest BCUT2D eigenvalue weighted by Gasteiger charge is 2.37. The molecule has 2 heterocycles. The van der Waals surface area contributed by atoms with Crippen LogP contribution in [0.5, 0.6) is 23.0 Å². The zero-order valence-electron chi connectivity index (χ0n) is 23.3. The molecule has 0 aliphatic carbocycles. The van der Waals surface area contributed by atoms with E-state index in [1.165, 1.54) is 13.2 Å². The SMILES string of the molecule is C=CCOc1c(C)c(C)c2c(c1C)CCC(C)(COc1ccc(/C=C3\SC(=O)N(CC(=O)O)C3=O)cc1OC)O2. The molecule has 1 unspecified atom stereocenters. The first kappa shape index (κ1) is 29.1. The first-order valence-electron chi connectivity index (χ1n) is 12.8. The van der Waals surface area contributed by atoms with E-state index in [1.807, 2.05) is 20.8 Å². The Hall–Kier alpha value is -3.92. The highest BCUT2D eigenvalue weighted by atomic mass is 32.2. The van der Waals surface area contributed by atoms with E-state index in [1.54, 1.807) is 24.3 Å². The second-order valence-electron chi connectivity index (χ2n) is 10.0. The molecule has 2 aliphatic heterocycles. The number of carbonyl (C=O) groups excluding carboxylic acids is 2. The lowest BCUT2D eigenvalue weighted by atomic mass is 9.87. The van der Waals surface area contributed by atoms with Crippen molar-refractivity contribution in [3.63, 3.8) is 0 Å². The number of benzene rings is 2. The number of hydrogen-bond acceptors (Lipinski definition) is 8. The number of ether oxygens (including phenoxy) is 4. The van der Waals surface area contributed by atoms with Crippen LogP contribution in [-0.2, 0) is 16.0 Å². The summed E-state index contributed by atoms with van der Waals surface area (Å²) in [5.74, 6) is 0.818. The van der Waals surface area contributed by atoms with Crippen LogP contribution in [0.4, 0.5) is 4.79 Å². The van der Waals surface area contributed by atoms with Crippen LogP contribution >= 0.6 is 11.8 Å². The molecule has 10 heteroatoms. The number of amides is 2. The first-order valence-corrected chi connectivity index (χ1v) is 13.6. The number of aliphatic carboxylic acids is 1. The van der Waals surface area contributed by atoms with Gasteiger partial charge in [-0.1, -0.05) is 18.7 Å². The molecule has 2 amide bonds. The van der Waals surface area contributed by atoms with Crippen molar-refractivity contribution in [1.82, 2.24) is 4.90 Å². The van der Waals surface area contributed by atoms with Crippen LogP contribution in [0.25, 0.3) is 6.08 Å². The predicted octanol–water partition coefficient (Wildman–Crippen LogP) is 5.47. The zero-order chi connectivity index (χ0) is 29.2. The van der Waals surface area contributed by atoms with Gasteiger partial charge in [-0.2, -0.15) is 0 Å². The summed E-state index contributed by atoms with van der Waals surface area (Å²) in [5.41, 5.74) is 4.35. The summed E-state index contributed by atoms with van der Waals surface area (Å²) >= 11 is 0.701. The molecule has 40 heavy (non-hydrogen) atoms. The van der Waals surface area contributed by atoms with Gasteiger partial charge in [0.1, 0.15) is 36.9 Å². The Morgan fingerprint density at radius 2 is 1.93 bits per heavy atom. The molecule has 0 aromatic heterocycles. The molecule has 0 radical (unpaired) electrons. The van der Waals surface area contributed by atoms with Gasteiger partial charge >= 0.3 is 5.97 Å². The van der Waals surface area contributed by atoms with Crippen molar-refractivity contribution < 1.29 is 38.4 Å². The highest BCUT2D eigenvalue weighted by molar-refractivity contribution is 8.18. The normalized spacial score (nSPS) is 19.3. The minimum atomic E-state index is -1.26. The van der Waals surface area contributed by atoms with Crippen molar-refractivity contribution in [2.75, 3.05) is 26.9 Å². The molecule has 1 fully saturated rings. The molecule has 2 aromatic rings. The van der Waals surface area contributed by atoms with Gasteiger partial charge in [0.05, 0.1) is 12.0 Å². The molecule has 4 rings (SSSR count). The number of imide groups is 1. The van der Waals surface area contributed by atoms with Crippen molar-refractivity contribution in [3.8, 4) is 23.0 Å². The predicted molar refractivity (Wildman–Crippen MR) is 153 cm³/mol. The van der Waals surface area contributed by atoms with E-state index in [2.05, 4.69) is 13.5 Å². The summed E-state index contributed by atoms with van der Waals surface area (Å²) in [6.45, 7) is 12.0. The maximum absolute atomic E-state index is 12.5. The Labute approximate surface area is 237 Å². The third-order valence-corrected chi connectivity index (χ3v) is 8.00. The van der Waals surface area contributed by atoms with Crippen LogP contribution in [0.1, 0.15) is 41.2 Å². The third kappa shape index (κ3) is 5.82. The Bertz CT molecular complexity index is 1420. The lowest BCUT2D eigenvalue weighted by Crippen LogP contribution is -2.42. The summed E-state index contributed by atoms with van der Waals surface area (Å²) < 4.78 is 24.2. The summed E-state index contributed by atoms with van der Waals surface area (Å²) in [6, 6.07) is 5.17. The van der Waals surface area contributed by atoms with E-state index >= 15 is 0 Å². The van der Waals surface area contributed by atoms with E-state index in [0.29, 0.717) is 40.3 Å². The van der Waals surface area contributed by atoms with Crippen molar-refractivity contribution in [1.29, 1.82) is 0 Å². The number of rotatable bonds is 10. The quantitative estimate of drug-likeness (QED) is 0.295. The zero-order valence-corrected chi connectivity index (χ0v) is 24.1. The van der Waals surface area contributed by atoms with Gasteiger partial charge in [0.15, 0.2) is 11.5 Å². The summed E-state index contributed by atoms with van der Waals surface area (Å²) in [6.07, 6.45) is 4.83. The maximum Gasteiger partial charge on any atom is 0.323 e. The number of nitrogens with zero attached hydrogens (tertiary/aromatic N) is 1. The smallest absolute Gasteiger partial charge is 0.323 e. The third-order valence-electron chi connectivity index (χ3n) is 7.09. The van der Waals surface area contributed by atoms with Crippen LogP contribution in [0.15, 0.2) is 35.8 Å². The molecule has 9 nitrogen and oxygen atoms in total. The van der Waals surface area contributed by atoms with Crippen molar-refractivity contribution in [2.24, 2.45) is 0 Å². The van der Waals surface area contributed by atoms with Gasteiger partial charge in [-0.05, 0) is 92.8 Å². The number of carboxylic acid groups (broad SMARTS) is 1. The van der Waals surface area contributed by atoms with Crippen LogP contribution < -0.4 is 18.9 Å². The van der Waals surface area contributed by atoms with Crippen LogP contribution in [-0.4, -0.2) is 59.6 Å². The fourth-order valence-electron chi connectivity index (χ4n) is 4.79. The van der Waals surface area contributed by atoms with Crippen LogP contribution in [0, 0.1) is 20.8 Å². The van der Waals surface area contributed by atoms with E-state index in [0.717, 1.165) is 46.6 Å². The molecule has 212 valence electrons. The lowest BCUT2D eigenvalue weighted by molar-refractivity contribution is -0.140. The second-order valence-corrected chi connectivity index (χ2v) is 11.0. The van der Waals surface area contributed by atoms with E-state index < -0.39 is 29.3 Å². The number of carboxylic acids is 1. The number of fused-ring (bicyclic) bond motifs is 1. The number of carbonyl (C=O) groups is 3. The molecule has 0 bridgehead atoms. The van der Waals surface area contributed by atoms with Crippen LogP contribution in [0.3, 0.4) is 0 Å². The van der Waals surface area contributed by atoms with Gasteiger partial charge in [0.25, 0.3) is 11.1 Å².